The van der Waals surface area contributed by atoms with Gasteiger partial charge in [-0.2, -0.15) is 0 Å². The number of rotatable bonds is 3. The van der Waals surface area contributed by atoms with Gasteiger partial charge in [-0.3, -0.25) is 9.59 Å². The van der Waals surface area contributed by atoms with Crippen molar-refractivity contribution in [1.82, 2.24) is 9.97 Å². The number of amides is 1. The number of H-pyrrole nitrogens is 1. The average molecular weight is 453 g/mol. The summed E-state index contributed by atoms with van der Waals surface area (Å²) in [6.07, 6.45) is 0.739. The number of hydrogen-bond donors (Lipinski definition) is 4. The molecule has 30 heavy (non-hydrogen) atoms. The van der Waals surface area contributed by atoms with Crippen molar-refractivity contribution in [3.05, 3.63) is 50.4 Å². The van der Waals surface area contributed by atoms with Gasteiger partial charge in [0.25, 0.3) is 11.5 Å². The van der Waals surface area contributed by atoms with Gasteiger partial charge in [0, 0.05) is 11.4 Å². The number of halogens is 1. The maximum atomic E-state index is 11.7. The Hall–Kier alpha value is -2.95. The van der Waals surface area contributed by atoms with Crippen LogP contribution in [0, 0.1) is 6.92 Å². The van der Waals surface area contributed by atoms with E-state index in [1.54, 1.807) is 0 Å². The first-order valence-corrected chi connectivity index (χ1v) is 9.66. The van der Waals surface area contributed by atoms with Gasteiger partial charge in [0.2, 0.25) is 5.82 Å². The minimum absolute atomic E-state index is 0. The first-order valence-electron chi connectivity index (χ1n) is 8.85. The van der Waals surface area contributed by atoms with Crippen molar-refractivity contribution in [3.63, 3.8) is 0 Å². The van der Waals surface area contributed by atoms with Crippen molar-refractivity contribution in [1.29, 1.82) is 0 Å². The first kappa shape index (κ1) is 23.3. The van der Waals surface area contributed by atoms with Crippen molar-refractivity contribution in [2.75, 3.05) is 11.9 Å². The highest BCUT2D eigenvalue weighted by atomic mass is 35.5. The maximum absolute atomic E-state index is 11.7. The van der Waals surface area contributed by atoms with E-state index in [9.17, 15) is 14.4 Å². The van der Waals surface area contributed by atoms with E-state index in [4.69, 9.17) is 15.6 Å². The summed E-state index contributed by atoms with van der Waals surface area (Å²) in [5.74, 6) is -0.942. The first-order chi connectivity index (χ1) is 13.8. The molecule has 11 heteroatoms. The highest BCUT2D eigenvalue weighted by molar-refractivity contribution is 7.18. The van der Waals surface area contributed by atoms with Crippen LogP contribution in [0.5, 0.6) is 5.75 Å². The molecule has 1 aliphatic heterocycles. The number of nitrogens with zero attached hydrogens (tertiary/aromatic N) is 1. The molecule has 0 saturated carbocycles. The number of carboxylic acid groups (broad SMARTS) is 1. The minimum atomic E-state index is -1.22. The number of hydrogen-bond acceptors (Lipinski definition) is 7. The predicted molar refractivity (Wildman–Crippen MR) is 117 cm³/mol. The number of carbonyl (C=O) groups is 2. The van der Waals surface area contributed by atoms with Crippen LogP contribution in [-0.4, -0.2) is 33.6 Å². The number of thiophene rings is 1. The number of aromatic nitrogens is 2. The summed E-state index contributed by atoms with van der Waals surface area (Å²) >= 11 is 1.35. The van der Waals surface area contributed by atoms with Crippen molar-refractivity contribution in [3.8, 4) is 5.75 Å². The summed E-state index contributed by atoms with van der Waals surface area (Å²) in [5, 5.41) is 12.0. The van der Waals surface area contributed by atoms with Crippen molar-refractivity contribution >= 4 is 51.5 Å². The van der Waals surface area contributed by atoms with E-state index >= 15 is 0 Å². The van der Waals surface area contributed by atoms with E-state index in [-0.39, 0.29) is 36.3 Å². The van der Waals surface area contributed by atoms with E-state index in [1.807, 2.05) is 32.0 Å². The number of aryl methyl sites for hydroxylation is 2. The molecule has 0 saturated heterocycles. The average Bonchev–Trinajstić information content (AvgIpc) is 3.03. The highest BCUT2D eigenvalue weighted by Gasteiger charge is 2.16. The van der Waals surface area contributed by atoms with Gasteiger partial charge in [0.05, 0.1) is 11.1 Å². The third-order valence-corrected chi connectivity index (χ3v) is 5.37. The summed E-state index contributed by atoms with van der Waals surface area (Å²) < 4.78 is 5.18. The van der Waals surface area contributed by atoms with Gasteiger partial charge in [0.1, 0.15) is 10.6 Å². The molecule has 0 radical (unpaired) electrons. The van der Waals surface area contributed by atoms with E-state index < -0.39 is 5.97 Å². The second-order valence-electron chi connectivity index (χ2n) is 6.26. The Morgan fingerprint density at radius 2 is 2.10 bits per heavy atom. The Morgan fingerprint density at radius 1 is 1.37 bits per heavy atom. The van der Waals surface area contributed by atoms with Gasteiger partial charge in [-0.25, -0.2) is 9.78 Å². The quantitative estimate of drug-likeness (QED) is 0.477. The fourth-order valence-electron chi connectivity index (χ4n) is 2.96. The lowest BCUT2D eigenvalue weighted by Gasteiger charge is -2.18. The number of nitrogens with one attached hydrogen (secondary N) is 2. The molecule has 0 fully saturated rings. The number of nitrogens with two attached hydrogens (primary N) is 1. The number of aromatic carboxylic acids is 1. The van der Waals surface area contributed by atoms with E-state index in [2.05, 4.69) is 15.3 Å². The topological polar surface area (TPSA) is 147 Å². The SMILES string of the molecule is CCc1c(C)sc2nc(C(=O)O)[nH]c(=O)c12.Cl.NCc1ccc2c(c1)NC(=O)CO2. The van der Waals surface area contributed by atoms with Crippen molar-refractivity contribution < 1.29 is 19.4 Å². The molecule has 0 bridgehead atoms. The Morgan fingerprint density at radius 3 is 2.73 bits per heavy atom. The summed E-state index contributed by atoms with van der Waals surface area (Å²) in [4.78, 5) is 41.1. The normalized spacial score (nSPS) is 12.0. The zero-order chi connectivity index (χ0) is 21.1. The molecule has 2 aromatic heterocycles. The van der Waals surface area contributed by atoms with Gasteiger partial charge in [-0.05, 0) is 36.6 Å². The molecule has 3 aromatic rings. The van der Waals surface area contributed by atoms with Crippen LogP contribution in [-0.2, 0) is 17.8 Å². The smallest absolute Gasteiger partial charge is 0.372 e. The molecule has 9 nitrogen and oxygen atoms in total. The van der Waals surface area contributed by atoms with Crippen LogP contribution >= 0.6 is 23.7 Å². The molecular weight excluding hydrogens is 432 g/mol. The molecule has 3 heterocycles. The van der Waals surface area contributed by atoms with Gasteiger partial charge in [0.15, 0.2) is 6.61 Å². The Balaban J connectivity index is 0.000000211. The zero-order valence-electron chi connectivity index (χ0n) is 16.3. The third kappa shape index (κ3) is 4.78. The van der Waals surface area contributed by atoms with Gasteiger partial charge in [-0.15, -0.1) is 23.7 Å². The van der Waals surface area contributed by atoms with Crippen LogP contribution < -0.4 is 21.3 Å². The van der Waals surface area contributed by atoms with E-state index in [1.165, 1.54) is 11.3 Å². The minimum Gasteiger partial charge on any atom is -0.482 e. The third-order valence-electron chi connectivity index (χ3n) is 4.33. The lowest BCUT2D eigenvalue weighted by Crippen LogP contribution is -2.25. The second kappa shape index (κ2) is 9.70. The fraction of sp³-hybridized carbons (Fsp3) is 0.263. The van der Waals surface area contributed by atoms with Crippen LogP contribution in [0.2, 0.25) is 0 Å². The number of benzene rings is 1. The number of carbonyl (C=O) groups excluding carboxylic acids is 1. The van der Waals surface area contributed by atoms with Crippen molar-refractivity contribution in [2.45, 2.75) is 26.8 Å². The molecule has 4 rings (SSSR count). The van der Waals surface area contributed by atoms with E-state index in [0.29, 0.717) is 28.2 Å². The predicted octanol–water partition coefficient (Wildman–Crippen LogP) is 2.45. The Kier molecular flexibility index (Phi) is 7.54. The molecule has 5 N–H and O–H groups in total. The number of carboxylic acids is 1. The summed E-state index contributed by atoms with van der Waals surface area (Å²) in [5.41, 5.74) is 7.73. The van der Waals surface area contributed by atoms with E-state index in [0.717, 1.165) is 22.4 Å². The van der Waals surface area contributed by atoms with Crippen LogP contribution in [0.15, 0.2) is 23.0 Å². The van der Waals surface area contributed by atoms with Gasteiger partial charge >= 0.3 is 5.97 Å². The number of anilines is 1. The lowest BCUT2D eigenvalue weighted by molar-refractivity contribution is -0.118. The molecule has 0 spiro atoms. The standard InChI is InChI=1S/C10H10N2O3S.C9H10N2O2.ClH/c1-3-5-4(2)16-9-6(5)8(13)11-7(12-9)10(14)15;10-4-6-1-2-8-7(3-6)11-9(12)5-13-8;/h3H2,1-2H3,(H,14,15)(H,11,12,13);1-3H,4-5,10H2,(H,11,12);1H. The van der Waals surface area contributed by atoms with Crippen molar-refractivity contribution in [2.24, 2.45) is 5.73 Å². The number of fused-ring (bicyclic) bond motifs is 2. The molecule has 1 aromatic carbocycles. The Labute approximate surface area is 181 Å². The van der Waals surface area contributed by atoms with Crippen LogP contribution in [0.25, 0.3) is 10.2 Å². The van der Waals surface area contributed by atoms with Crippen LogP contribution in [0.3, 0.4) is 0 Å². The molecular formula is C19H21ClN4O5S. The monoisotopic (exact) mass is 452 g/mol. The molecule has 1 aliphatic rings. The lowest BCUT2D eigenvalue weighted by atomic mass is 10.1. The zero-order valence-corrected chi connectivity index (χ0v) is 17.9. The Bertz CT molecular complexity index is 1160. The van der Waals surface area contributed by atoms with Crippen LogP contribution in [0.4, 0.5) is 5.69 Å². The summed E-state index contributed by atoms with van der Waals surface area (Å²) in [7, 11) is 0. The largest absolute Gasteiger partial charge is 0.482 e. The number of aromatic amines is 1. The second-order valence-corrected chi connectivity index (χ2v) is 7.46. The molecule has 160 valence electrons. The fourth-order valence-corrected chi connectivity index (χ4v) is 4.07. The summed E-state index contributed by atoms with van der Waals surface area (Å²) in [6.45, 7) is 4.42. The summed E-state index contributed by atoms with van der Waals surface area (Å²) in [6, 6.07) is 5.53. The van der Waals surface area contributed by atoms with Gasteiger partial charge in [-0.1, -0.05) is 13.0 Å². The number of ether oxygens (including phenoxy) is 1. The maximum Gasteiger partial charge on any atom is 0.372 e. The van der Waals surface area contributed by atoms with Gasteiger partial charge < -0.3 is 25.9 Å². The molecule has 0 atom stereocenters. The van der Waals surface area contributed by atoms with Crippen LogP contribution in [0.1, 0.15) is 33.5 Å². The molecule has 1 amide bonds. The molecule has 0 aliphatic carbocycles. The highest BCUT2D eigenvalue weighted by Crippen LogP contribution is 2.28. The molecule has 0 unspecified atom stereocenters.